The lowest BCUT2D eigenvalue weighted by Gasteiger charge is -2.04. The first-order valence-corrected chi connectivity index (χ1v) is 11.6. The summed E-state index contributed by atoms with van der Waals surface area (Å²) in [5.41, 5.74) is 6.16. The summed E-state index contributed by atoms with van der Waals surface area (Å²) in [5.74, 6) is 2.48. The fraction of sp³-hybridized carbons (Fsp3) is 0.0769. The molecule has 0 unspecified atom stereocenters. The molecular weight excluding hydrogens is 450 g/mol. The van der Waals surface area contributed by atoms with E-state index in [4.69, 9.17) is 4.42 Å². The van der Waals surface area contributed by atoms with Gasteiger partial charge in [0.05, 0.1) is 11.1 Å². The van der Waals surface area contributed by atoms with Gasteiger partial charge in [0.1, 0.15) is 11.5 Å². The lowest BCUT2D eigenvalue weighted by atomic mass is 10.1. The average Bonchev–Trinajstić information content (AvgIpc) is 3.34. The molecule has 170 valence electrons. The molecule has 1 heterocycles. The second kappa shape index (κ2) is 11.1. The zero-order chi connectivity index (χ0) is 23.8. The van der Waals surface area contributed by atoms with Gasteiger partial charge >= 0.3 is 0 Å². The Morgan fingerprint density at radius 3 is 2.26 bits per heavy atom. The standard InChI is InChI=1S/C26H21N3O4S/c30-26(22-8-6-20(7-9-22)18-34-17-19-4-2-1-3-5-19)28-27-16-24-14-15-25(33-24)21-10-12-23(13-11-21)29(31)32/h1-16H,17-18H2,(H,28,30)/b27-16-. The second-order valence-corrected chi connectivity index (χ2v) is 8.37. The van der Waals surface area contributed by atoms with Crippen molar-refractivity contribution >= 4 is 29.6 Å². The summed E-state index contributed by atoms with van der Waals surface area (Å²) in [5, 5.41) is 14.7. The molecule has 4 aromatic rings. The molecule has 0 saturated carbocycles. The van der Waals surface area contributed by atoms with Crippen LogP contribution >= 0.6 is 11.8 Å². The largest absolute Gasteiger partial charge is 0.455 e. The van der Waals surface area contributed by atoms with Crippen LogP contribution in [-0.4, -0.2) is 17.0 Å². The van der Waals surface area contributed by atoms with Crippen molar-refractivity contribution in [1.29, 1.82) is 0 Å². The molecule has 1 aromatic heterocycles. The molecule has 0 aliphatic carbocycles. The maximum absolute atomic E-state index is 12.3. The summed E-state index contributed by atoms with van der Waals surface area (Å²) in [7, 11) is 0. The van der Waals surface area contributed by atoms with E-state index in [0.29, 0.717) is 22.6 Å². The molecule has 0 aliphatic rings. The minimum Gasteiger partial charge on any atom is -0.455 e. The Hall–Kier alpha value is -4.17. The molecule has 3 aromatic carbocycles. The van der Waals surface area contributed by atoms with E-state index in [-0.39, 0.29) is 11.6 Å². The normalized spacial score (nSPS) is 10.9. The van der Waals surface area contributed by atoms with Crippen LogP contribution in [0.15, 0.2) is 101 Å². The molecule has 1 N–H and O–H groups in total. The smallest absolute Gasteiger partial charge is 0.271 e. The molecule has 0 fully saturated rings. The molecule has 1 amide bonds. The number of amides is 1. The van der Waals surface area contributed by atoms with Crippen molar-refractivity contribution < 1.29 is 14.1 Å². The van der Waals surface area contributed by atoms with Gasteiger partial charge in [-0.15, -0.1) is 0 Å². The van der Waals surface area contributed by atoms with Crippen molar-refractivity contribution in [3.05, 3.63) is 124 Å². The summed E-state index contributed by atoms with van der Waals surface area (Å²) < 4.78 is 5.67. The van der Waals surface area contributed by atoms with E-state index in [2.05, 4.69) is 22.7 Å². The van der Waals surface area contributed by atoms with Crippen LogP contribution < -0.4 is 5.43 Å². The maximum atomic E-state index is 12.3. The van der Waals surface area contributed by atoms with Crippen molar-refractivity contribution in [3.63, 3.8) is 0 Å². The Labute approximate surface area is 200 Å². The monoisotopic (exact) mass is 471 g/mol. The van der Waals surface area contributed by atoms with Gasteiger partial charge in [-0.05, 0) is 47.5 Å². The SMILES string of the molecule is O=C(N/N=C\c1ccc(-c2ccc([N+](=O)[O-])cc2)o1)c1ccc(CSCc2ccccc2)cc1. The maximum Gasteiger partial charge on any atom is 0.271 e. The minimum atomic E-state index is -0.453. The van der Waals surface area contributed by atoms with E-state index < -0.39 is 4.92 Å². The summed E-state index contributed by atoms with van der Waals surface area (Å²) >= 11 is 1.82. The van der Waals surface area contributed by atoms with Gasteiger partial charge in [-0.1, -0.05) is 42.5 Å². The lowest BCUT2D eigenvalue weighted by molar-refractivity contribution is -0.384. The Morgan fingerprint density at radius 2 is 1.59 bits per heavy atom. The van der Waals surface area contributed by atoms with Crippen LogP contribution in [0.1, 0.15) is 27.2 Å². The molecular formula is C26H21N3O4S. The number of non-ortho nitro benzene ring substituents is 1. The van der Waals surface area contributed by atoms with Crippen LogP contribution in [0.25, 0.3) is 11.3 Å². The van der Waals surface area contributed by atoms with E-state index in [1.807, 2.05) is 42.1 Å². The first-order chi connectivity index (χ1) is 16.6. The van der Waals surface area contributed by atoms with E-state index >= 15 is 0 Å². The molecule has 0 spiro atoms. The number of hydrazone groups is 1. The molecule has 0 atom stereocenters. The topological polar surface area (TPSA) is 97.7 Å². The highest BCUT2D eigenvalue weighted by Gasteiger charge is 2.08. The van der Waals surface area contributed by atoms with Gasteiger partial charge in [0.2, 0.25) is 0 Å². The van der Waals surface area contributed by atoms with Gasteiger partial charge < -0.3 is 4.42 Å². The summed E-state index contributed by atoms with van der Waals surface area (Å²) in [6.45, 7) is 0. The molecule has 34 heavy (non-hydrogen) atoms. The number of hydrogen-bond acceptors (Lipinski definition) is 6. The van der Waals surface area contributed by atoms with Gasteiger partial charge in [-0.3, -0.25) is 14.9 Å². The quantitative estimate of drug-likeness (QED) is 0.182. The van der Waals surface area contributed by atoms with Crippen LogP contribution in [0, 0.1) is 10.1 Å². The number of furan rings is 1. The number of nitro groups is 1. The third-order valence-corrected chi connectivity index (χ3v) is 6.02. The van der Waals surface area contributed by atoms with Crippen molar-refractivity contribution in [2.75, 3.05) is 0 Å². The van der Waals surface area contributed by atoms with Crippen molar-refractivity contribution in [2.45, 2.75) is 11.5 Å². The van der Waals surface area contributed by atoms with Gasteiger partial charge in [0, 0.05) is 34.8 Å². The third kappa shape index (κ3) is 6.20. The van der Waals surface area contributed by atoms with Crippen LogP contribution in [0.4, 0.5) is 5.69 Å². The molecule has 0 aliphatic heterocycles. The Kier molecular flexibility index (Phi) is 7.52. The predicted octanol–water partition coefficient (Wildman–Crippen LogP) is 6.05. The molecule has 0 saturated heterocycles. The van der Waals surface area contributed by atoms with E-state index in [9.17, 15) is 14.9 Å². The van der Waals surface area contributed by atoms with Crippen molar-refractivity contribution in [2.24, 2.45) is 5.10 Å². The van der Waals surface area contributed by atoms with E-state index in [0.717, 1.165) is 17.1 Å². The Morgan fingerprint density at radius 1 is 0.912 bits per heavy atom. The van der Waals surface area contributed by atoms with Gasteiger partial charge in [-0.2, -0.15) is 16.9 Å². The molecule has 7 nitrogen and oxygen atoms in total. The molecule has 8 heteroatoms. The predicted molar refractivity (Wildman–Crippen MR) is 134 cm³/mol. The highest BCUT2D eigenvalue weighted by atomic mass is 32.2. The Bertz CT molecular complexity index is 1280. The second-order valence-electron chi connectivity index (χ2n) is 7.38. The van der Waals surface area contributed by atoms with Gasteiger partial charge in [0.25, 0.3) is 11.6 Å². The number of rotatable bonds is 9. The number of hydrogen-bond donors (Lipinski definition) is 1. The number of nitro benzene ring substituents is 1. The van der Waals surface area contributed by atoms with E-state index in [1.165, 1.54) is 23.9 Å². The molecule has 4 rings (SSSR count). The van der Waals surface area contributed by atoms with Crippen LogP contribution in [0.5, 0.6) is 0 Å². The highest BCUT2D eigenvalue weighted by Crippen LogP contribution is 2.24. The van der Waals surface area contributed by atoms with Crippen LogP contribution in [0.3, 0.4) is 0 Å². The number of benzene rings is 3. The van der Waals surface area contributed by atoms with E-state index in [1.54, 1.807) is 36.4 Å². The number of thioether (sulfide) groups is 1. The highest BCUT2D eigenvalue weighted by molar-refractivity contribution is 7.97. The first-order valence-electron chi connectivity index (χ1n) is 10.5. The fourth-order valence-corrected chi connectivity index (χ4v) is 4.12. The Balaban J connectivity index is 1.27. The zero-order valence-corrected chi connectivity index (χ0v) is 18.9. The average molecular weight is 472 g/mol. The number of nitrogens with zero attached hydrogens (tertiary/aromatic N) is 2. The van der Waals surface area contributed by atoms with Crippen molar-refractivity contribution in [3.8, 4) is 11.3 Å². The lowest BCUT2D eigenvalue weighted by Crippen LogP contribution is -2.17. The van der Waals surface area contributed by atoms with Crippen LogP contribution in [0.2, 0.25) is 0 Å². The molecule has 0 bridgehead atoms. The zero-order valence-electron chi connectivity index (χ0n) is 18.1. The first kappa shape index (κ1) is 23.0. The number of nitrogens with one attached hydrogen (secondary N) is 1. The third-order valence-electron chi connectivity index (χ3n) is 4.94. The molecule has 0 radical (unpaired) electrons. The van der Waals surface area contributed by atoms with Gasteiger partial charge in [-0.25, -0.2) is 5.43 Å². The summed E-state index contributed by atoms with van der Waals surface area (Å²) in [6.07, 6.45) is 1.40. The fourth-order valence-electron chi connectivity index (χ4n) is 3.16. The summed E-state index contributed by atoms with van der Waals surface area (Å²) in [6, 6.07) is 27.3. The number of carbonyl (C=O) groups excluding carboxylic acids is 1. The minimum absolute atomic E-state index is 0.0128. The number of carbonyl (C=O) groups is 1. The van der Waals surface area contributed by atoms with Crippen LogP contribution in [-0.2, 0) is 11.5 Å². The van der Waals surface area contributed by atoms with Crippen molar-refractivity contribution in [1.82, 2.24) is 5.43 Å². The van der Waals surface area contributed by atoms with Gasteiger partial charge in [0.15, 0.2) is 0 Å². The summed E-state index contributed by atoms with van der Waals surface area (Å²) in [4.78, 5) is 22.7.